The number of nitrogens with two attached hydrogens (primary N) is 1. The molecule has 1 atom stereocenters. The molecule has 1 unspecified atom stereocenters. The summed E-state index contributed by atoms with van der Waals surface area (Å²) in [6.07, 6.45) is 3.05. The Morgan fingerprint density at radius 2 is 2.33 bits per heavy atom. The molecule has 8 heteroatoms. The first-order valence-corrected chi connectivity index (χ1v) is 8.60. The Kier molecular flexibility index (Phi) is 3.31. The minimum absolute atomic E-state index is 0.0772. The number of hydrogen-bond acceptors (Lipinski definition) is 6. The number of fused-ring (bicyclic) bond motifs is 2. The van der Waals surface area contributed by atoms with Crippen LogP contribution in [0.2, 0.25) is 0 Å². The van der Waals surface area contributed by atoms with E-state index in [0.29, 0.717) is 16.5 Å². The number of aromatic amines is 1. The van der Waals surface area contributed by atoms with E-state index in [1.165, 1.54) is 21.6 Å². The van der Waals surface area contributed by atoms with Gasteiger partial charge in [0.2, 0.25) is 0 Å². The molecule has 124 valence electrons. The number of aromatic nitrogens is 3. The van der Waals surface area contributed by atoms with Gasteiger partial charge in [0.25, 0.3) is 5.78 Å². The van der Waals surface area contributed by atoms with E-state index in [2.05, 4.69) is 22.8 Å². The topological polar surface area (TPSA) is 106 Å². The predicted octanol–water partition coefficient (Wildman–Crippen LogP) is 1.34. The molecular weight excluding hydrogens is 328 g/mol. The number of pyridine rings is 1. The lowest BCUT2D eigenvalue weighted by molar-refractivity contribution is -0.741. The van der Waals surface area contributed by atoms with Gasteiger partial charge in [0.05, 0.1) is 5.69 Å². The van der Waals surface area contributed by atoms with Crippen molar-refractivity contribution in [3.8, 4) is 0 Å². The van der Waals surface area contributed by atoms with Crippen LogP contribution in [0.1, 0.15) is 40.0 Å². The zero-order valence-corrected chi connectivity index (χ0v) is 14.2. The van der Waals surface area contributed by atoms with Crippen molar-refractivity contribution in [2.45, 2.75) is 26.2 Å². The molecule has 3 heterocycles. The van der Waals surface area contributed by atoms with Gasteiger partial charge in [-0.2, -0.15) is 0 Å². The fraction of sp³-hybridized carbons (Fsp3) is 0.375. The first-order valence-electron chi connectivity index (χ1n) is 7.78. The van der Waals surface area contributed by atoms with Crippen LogP contribution in [0.25, 0.3) is 10.2 Å². The number of nitrogens with one attached hydrogen (secondary N) is 1. The Labute approximate surface area is 141 Å². The van der Waals surface area contributed by atoms with Crippen LogP contribution in [0.5, 0.6) is 0 Å². The van der Waals surface area contributed by atoms with E-state index < -0.39 is 11.4 Å². The number of ketones is 1. The number of carbonyl (C=O) groups excluding carboxylic acids is 1. The third-order valence-corrected chi connectivity index (χ3v) is 5.67. The van der Waals surface area contributed by atoms with Crippen LogP contribution in [-0.2, 0) is 19.9 Å². The van der Waals surface area contributed by atoms with Gasteiger partial charge in [-0.25, -0.2) is 9.78 Å². The molecule has 0 fully saturated rings. The predicted molar refractivity (Wildman–Crippen MR) is 89.2 cm³/mol. The zero-order chi connectivity index (χ0) is 17.0. The van der Waals surface area contributed by atoms with Crippen LogP contribution in [-0.4, -0.2) is 16.0 Å². The minimum atomic E-state index is -0.708. The summed E-state index contributed by atoms with van der Waals surface area (Å²) in [5, 5.41) is 3.14. The minimum Gasteiger partial charge on any atom is -0.397 e. The van der Waals surface area contributed by atoms with Crippen molar-refractivity contribution in [3.05, 3.63) is 38.3 Å². The van der Waals surface area contributed by atoms with E-state index in [0.717, 1.165) is 35.2 Å². The van der Waals surface area contributed by atoms with Crippen LogP contribution < -0.4 is 16.0 Å². The second-order valence-electron chi connectivity index (χ2n) is 6.36. The fourth-order valence-corrected chi connectivity index (χ4v) is 4.27. The van der Waals surface area contributed by atoms with Gasteiger partial charge < -0.3 is 5.73 Å². The molecule has 0 saturated carbocycles. The second-order valence-corrected chi connectivity index (χ2v) is 7.36. The summed E-state index contributed by atoms with van der Waals surface area (Å²) in [7, 11) is 1.54. The number of carbonyl (C=O) groups is 1. The molecule has 1 aliphatic carbocycles. The first kappa shape index (κ1) is 15.1. The fourth-order valence-electron chi connectivity index (χ4n) is 3.23. The maximum Gasteiger partial charge on any atom is 0.438 e. The highest BCUT2D eigenvalue weighted by atomic mass is 32.1. The lowest BCUT2D eigenvalue weighted by Crippen LogP contribution is -2.39. The molecule has 7 nitrogen and oxygen atoms in total. The number of nitrogen functional groups attached to an aromatic ring is 1. The monoisotopic (exact) mass is 345 g/mol. The summed E-state index contributed by atoms with van der Waals surface area (Å²) in [5.41, 5.74) is 8.11. The van der Waals surface area contributed by atoms with E-state index in [4.69, 9.17) is 10.7 Å². The Morgan fingerprint density at radius 1 is 1.54 bits per heavy atom. The number of hydrogen-bond donors (Lipinski definition) is 2. The zero-order valence-electron chi connectivity index (χ0n) is 13.4. The average molecular weight is 345 g/mol. The molecule has 1 aliphatic rings. The van der Waals surface area contributed by atoms with Crippen molar-refractivity contribution in [2.75, 3.05) is 5.73 Å². The number of aryl methyl sites for hydroxylation is 2. The number of anilines is 1. The van der Waals surface area contributed by atoms with Crippen molar-refractivity contribution < 1.29 is 14.0 Å². The Balaban J connectivity index is 1.87. The van der Waals surface area contributed by atoms with Crippen LogP contribution >= 0.6 is 11.3 Å². The summed E-state index contributed by atoms with van der Waals surface area (Å²) >= 11 is 1.23. The molecule has 0 bridgehead atoms. The second kappa shape index (κ2) is 5.27. The van der Waals surface area contributed by atoms with Crippen molar-refractivity contribution in [3.63, 3.8) is 0 Å². The summed E-state index contributed by atoms with van der Waals surface area (Å²) in [5.74, 6) is 0.181. The quantitative estimate of drug-likeness (QED) is 0.538. The van der Waals surface area contributed by atoms with Crippen molar-refractivity contribution in [2.24, 2.45) is 13.0 Å². The molecule has 3 N–H and O–H groups in total. The van der Waals surface area contributed by atoms with Crippen LogP contribution in [0.4, 0.5) is 5.69 Å². The van der Waals surface area contributed by atoms with Gasteiger partial charge in [-0.05, 0) is 42.1 Å². The molecule has 0 aliphatic heterocycles. The normalized spacial score (nSPS) is 17.2. The van der Waals surface area contributed by atoms with E-state index in [1.54, 1.807) is 7.05 Å². The van der Waals surface area contributed by atoms with Crippen molar-refractivity contribution >= 4 is 33.0 Å². The largest absolute Gasteiger partial charge is 0.438 e. The van der Waals surface area contributed by atoms with Crippen LogP contribution in [0, 0.1) is 5.92 Å². The molecule has 3 aromatic rings. The smallest absolute Gasteiger partial charge is 0.397 e. The molecular formula is C16H17N4O3S+. The lowest BCUT2D eigenvalue weighted by atomic mass is 9.87. The van der Waals surface area contributed by atoms with Crippen molar-refractivity contribution in [1.82, 2.24) is 10.3 Å². The molecule has 0 spiro atoms. The number of rotatable bonds is 2. The summed E-state index contributed by atoms with van der Waals surface area (Å²) in [6, 6.07) is 2.05. The highest BCUT2D eigenvalue weighted by Gasteiger charge is 2.32. The maximum absolute atomic E-state index is 12.7. The van der Waals surface area contributed by atoms with E-state index >= 15 is 0 Å². The highest BCUT2D eigenvalue weighted by Crippen LogP contribution is 2.36. The van der Waals surface area contributed by atoms with E-state index in [-0.39, 0.29) is 5.69 Å². The molecule has 0 saturated heterocycles. The summed E-state index contributed by atoms with van der Waals surface area (Å²) < 4.78 is 5.91. The first-order chi connectivity index (χ1) is 11.5. The number of thiophene rings is 1. The van der Waals surface area contributed by atoms with Gasteiger partial charge in [-0.3, -0.25) is 9.32 Å². The Bertz CT molecular complexity index is 1030. The standard InChI is InChI=1S/C16H16N4O3S/c1-7-3-4-10-8(5-7)6-9-11(17)14(24-15(9)18-10)13(21)12-16(22)23-19-20(12)2/h6-7H,3-5H2,1-2H3,(H2-,17,19,21,22)/p+1. The van der Waals surface area contributed by atoms with E-state index in [9.17, 15) is 9.59 Å². The lowest BCUT2D eigenvalue weighted by Gasteiger charge is -2.20. The highest BCUT2D eigenvalue weighted by molar-refractivity contribution is 7.21. The van der Waals surface area contributed by atoms with Gasteiger partial charge >= 0.3 is 11.3 Å². The Hall–Kier alpha value is -2.48. The number of H-pyrrole nitrogens is 1. The molecule has 24 heavy (non-hydrogen) atoms. The van der Waals surface area contributed by atoms with Gasteiger partial charge in [0.15, 0.2) is 7.05 Å². The maximum atomic E-state index is 12.7. The third kappa shape index (κ3) is 2.17. The van der Waals surface area contributed by atoms with E-state index in [1.807, 2.05) is 0 Å². The SMILES string of the molecule is CC1CCc2nc3sc(C(=O)c4c(=O)o[nH][n+]4C)c(N)c3cc2C1. The number of nitrogens with zero attached hydrogens (tertiary/aromatic N) is 2. The summed E-state index contributed by atoms with van der Waals surface area (Å²) in [4.78, 5) is 30.2. The summed E-state index contributed by atoms with van der Waals surface area (Å²) in [6.45, 7) is 2.23. The van der Waals surface area contributed by atoms with Gasteiger partial charge in [0.1, 0.15) is 9.71 Å². The van der Waals surface area contributed by atoms with Crippen LogP contribution in [0.15, 0.2) is 15.4 Å². The molecule has 0 radical (unpaired) electrons. The average Bonchev–Trinajstić information content (AvgIpc) is 3.05. The molecule has 0 aromatic carbocycles. The Morgan fingerprint density at radius 3 is 3.04 bits per heavy atom. The third-order valence-electron chi connectivity index (χ3n) is 4.56. The van der Waals surface area contributed by atoms with Gasteiger partial charge in [-0.1, -0.05) is 11.6 Å². The van der Waals surface area contributed by atoms with Gasteiger partial charge in [-0.15, -0.1) is 11.3 Å². The molecule has 4 rings (SSSR count). The molecule has 0 amide bonds. The van der Waals surface area contributed by atoms with Crippen molar-refractivity contribution in [1.29, 1.82) is 0 Å². The molecule has 3 aromatic heterocycles. The van der Waals surface area contributed by atoms with Gasteiger partial charge in [0, 0.05) is 11.1 Å². The van der Waals surface area contributed by atoms with Crippen LogP contribution in [0.3, 0.4) is 0 Å².